The Bertz CT molecular complexity index is 936. The molecule has 2 aliphatic heterocycles. The molecular weight excluding hydrogens is 516 g/mol. The minimum Gasteiger partial charge on any atom is -0.394 e. The number of aliphatic hydroxyl groups excluding tert-OH is 4. The van der Waals surface area contributed by atoms with Gasteiger partial charge in [0.1, 0.15) is 48.7 Å². The van der Waals surface area contributed by atoms with E-state index in [1.807, 2.05) is 30.3 Å². The average Bonchev–Trinajstić information content (AvgIpc) is 2.90. The van der Waals surface area contributed by atoms with Gasteiger partial charge in [-0.05, 0) is 5.56 Å². The Kier molecular flexibility index (Phi) is 11.8. The van der Waals surface area contributed by atoms with Crippen LogP contribution < -0.4 is 10.6 Å². The zero-order valence-corrected chi connectivity index (χ0v) is 21.9. The van der Waals surface area contributed by atoms with E-state index in [1.165, 1.54) is 19.9 Å². The van der Waals surface area contributed by atoms with Gasteiger partial charge in [0.15, 0.2) is 12.6 Å². The van der Waals surface area contributed by atoms with Crippen LogP contribution in [-0.2, 0) is 39.9 Å². The molecule has 2 aliphatic rings. The largest absolute Gasteiger partial charge is 0.394 e. The molecule has 2 amide bonds. The van der Waals surface area contributed by atoms with Gasteiger partial charge in [-0.1, -0.05) is 36.4 Å². The molecule has 0 aliphatic carbocycles. The third kappa shape index (κ3) is 8.27. The summed E-state index contributed by atoms with van der Waals surface area (Å²) in [6.45, 7) is 5.66. The van der Waals surface area contributed by atoms with Gasteiger partial charge in [-0.25, -0.2) is 0 Å². The van der Waals surface area contributed by atoms with E-state index in [2.05, 4.69) is 17.2 Å². The van der Waals surface area contributed by atoms with E-state index >= 15 is 0 Å². The summed E-state index contributed by atoms with van der Waals surface area (Å²) in [5.74, 6) is -0.990. The summed E-state index contributed by atoms with van der Waals surface area (Å²) >= 11 is 0. The van der Waals surface area contributed by atoms with Crippen molar-refractivity contribution in [3.8, 4) is 0 Å². The van der Waals surface area contributed by atoms with Gasteiger partial charge >= 0.3 is 0 Å². The zero-order chi connectivity index (χ0) is 28.5. The van der Waals surface area contributed by atoms with E-state index in [0.29, 0.717) is 0 Å². The summed E-state index contributed by atoms with van der Waals surface area (Å²) in [6.07, 6.45) is -8.79. The van der Waals surface area contributed by atoms with E-state index in [-0.39, 0.29) is 19.8 Å². The Balaban J connectivity index is 1.91. The molecule has 218 valence electrons. The monoisotopic (exact) mass is 554 g/mol. The van der Waals surface area contributed by atoms with Crippen molar-refractivity contribution in [3.05, 3.63) is 48.6 Å². The molecule has 0 spiro atoms. The second kappa shape index (κ2) is 14.8. The first-order chi connectivity index (χ1) is 18.7. The van der Waals surface area contributed by atoms with Crippen LogP contribution in [0.5, 0.6) is 0 Å². The molecule has 10 atom stereocenters. The number of hydrogen-bond donors (Lipinski definition) is 6. The van der Waals surface area contributed by atoms with E-state index < -0.39 is 79.7 Å². The standard InChI is InChI=1S/C26H38N2O11/c1-4-10-36-24-20(28-15(3)31)25(34)37-18(13-35-12-16-8-6-5-7-9-16)23(24)39-26-19(27-14(2)30)22(33)21(32)17(11-29)38-26/h4-9,17-26,29,32-34H,1,10-13H2,2-3H3,(H,27,30)(H,28,31)/t17-,18-,19-,20-,21-,22-,23-,24-,25+,26+/m1/s1. The van der Waals surface area contributed by atoms with Crippen LogP contribution in [0.15, 0.2) is 43.0 Å². The Hall–Kier alpha value is -2.46. The highest BCUT2D eigenvalue weighted by Crippen LogP contribution is 2.30. The quantitative estimate of drug-likeness (QED) is 0.162. The van der Waals surface area contributed by atoms with Gasteiger partial charge < -0.3 is 54.7 Å². The number of carbonyl (C=O) groups is 2. The lowest BCUT2D eigenvalue weighted by molar-refractivity contribution is -0.332. The average molecular weight is 555 g/mol. The Morgan fingerprint density at radius 2 is 1.64 bits per heavy atom. The van der Waals surface area contributed by atoms with E-state index in [4.69, 9.17) is 23.7 Å². The summed E-state index contributed by atoms with van der Waals surface area (Å²) in [7, 11) is 0. The molecule has 1 aromatic carbocycles. The number of ether oxygens (including phenoxy) is 5. The number of rotatable bonds is 12. The van der Waals surface area contributed by atoms with Crippen molar-refractivity contribution in [2.45, 2.75) is 81.7 Å². The fraction of sp³-hybridized carbons (Fsp3) is 0.615. The highest BCUT2D eigenvalue weighted by atomic mass is 16.7. The maximum Gasteiger partial charge on any atom is 0.217 e. The first-order valence-electron chi connectivity index (χ1n) is 12.7. The molecule has 1 aromatic rings. The van der Waals surface area contributed by atoms with Gasteiger partial charge in [-0.3, -0.25) is 9.59 Å². The highest BCUT2D eigenvalue weighted by molar-refractivity contribution is 5.73. The van der Waals surface area contributed by atoms with Crippen LogP contribution in [0.25, 0.3) is 0 Å². The Labute approximate surface area is 226 Å². The molecule has 0 saturated carbocycles. The Morgan fingerprint density at radius 3 is 2.26 bits per heavy atom. The number of amides is 2. The predicted molar refractivity (Wildman–Crippen MR) is 135 cm³/mol. The predicted octanol–water partition coefficient (Wildman–Crippen LogP) is -1.67. The van der Waals surface area contributed by atoms with Crippen molar-refractivity contribution in [1.82, 2.24) is 10.6 Å². The van der Waals surface area contributed by atoms with Crippen molar-refractivity contribution < 1.29 is 53.7 Å². The molecule has 0 unspecified atom stereocenters. The molecule has 6 N–H and O–H groups in total. The number of carbonyl (C=O) groups excluding carboxylic acids is 2. The molecule has 13 nitrogen and oxygen atoms in total. The smallest absolute Gasteiger partial charge is 0.217 e. The molecule has 39 heavy (non-hydrogen) atoms. The molecule has 0 bridgehead atoms. The first kappa shape index (κ1) is 31.1. The van der Waals surface area contributed by atoms with Crippen LogP contribution in [0.4, 0.5) is 0 Å². The lowest BCUT2D eigenvalue weighted by Crippen LogP contribution is -2.69. The minimum atomic E-state index is -1.55. The summed E-state index contributed by atoms with van der Waals surface area (Å²) in [6, 6.07) is 7.04. The molecule has 2 saturated heterocycles. The van der Waals surface area contributed by atoms with Crippen molar-refractivity contribution in [3.63, 3.8) is 0 Å². The minimum absolute atomic E-state index is 0.0200. The van der Waals surface area contributed by atoms with Gasteiger partial charge in [0.05, 0.1) is 26.4 Å². The van der Waals surface area contributed by atoms with Crippen LogP contribution in [0.2, 0.25) is 0 Å². The molecule has 3 rings (SSSR count). The Morgan fingerprint density at radius 1 is 0.974 bits per heavy atom. The van der Waals surface area contributed by atoms with Crippen LogP contribution in [0.3, 0.4) is 0 Å². The lowest BCUT2D eigenvalue weighted by atomic mass is 9.94. The summed E-state index contributed by atoms with van der Waals surface area (Å²) < 4.78 is 29.5. The van der Waals surface area contributed by atoms with Crippen molar-refractivity contribution in [1.29, 1.82) is 0 Å². The van der Waals surface area contributed by atoms with Gasteiger partial charge in [0, 0.05) is 13.8 Å². The number of benzene rings is 1. The molecule has 0 radical (unpaired) electrons. The SMILES string of the molecule is C=CCO[C@@H]1[C@@H](NC(C)=O)[C@@H](O)O[C@H](COCc2ccccc2)[C@H]1O[C@@H]1O[C@H](CO)[C@@H](O)[C@H](O)[C@H]1NC(C)=O. The number of hydrogen-bond acceptors (Lipinski definition) is 11. The van der Waals surface area contributed by atoms with Gasteiger partial charge in [0.25, 0.3) is 0 Å². The molecular formula is C26H38N2O11. The summed E-state index contributed by atoms with van der Waals surface area (Å²) in [4.78, 5) is 23.8. The van der Waals surface area contributed by atoms with Crippen molar-refractivity contribution >= 4 is 11.8 Å². The summed E-state index contributed by atoms with van der Waals surface area (Å²) in [5.41, 5.74) is 0.895. The van der Waals surface area contributed by atoms with Crippen LogP contribution in [-0.4, -0.2) is 113 Å². The number of aliphatic hydroxyl groups is 4. The molecule has 2 heterocycles. The maximum absolute atomic E-state index is 11.9. The van der Waals surface area contributed by atoms with Crippen LogP contribution in [0, 0.1) is 0 Å². The highest BCUT2D eigenvalue weighted by Gasteiger charge is 2.52. The van der Waals surface area contributed by atoms with Gasteiger partial charge in [-0.15, -0.1) is 6.58 Å². The third-order valence-corrected chi connectivity index (χ3v) is 6.38. The summed E-state index contributed by atoms with van der Waals surface area (Å²) in [5, 5.41) is 46.7. The van der Waals surface area contributed by atoms with Crippen molar-refractivity contribution in [2.24, 2.45) is 0 Å². The second-order valence-corrected chi connectivity index (χ2v) is 9.41. The molecule has 13 heteroatoms. The fourth-order valence-corrected chi connectivity index (χ4v) is 4.59. The number of nitrogens with one attached hydrogen (secondary N) is 2. The first-order valence-corrected chi connectivity index (χ1v) is 12.7. The third-order valence-electron chi connectivity index (χ3n) is 6.38. The topological polar surface area (TPSA) is 185 Å². The lowest BCUT2D eigenvalue weighted by Gasteiger charge is -2.48. The normalized spacial score (nSPS) is 34.7. The fourth-order valence-electron chi connectivity index (χ4n) is 4.59. The van der Waals surface area contributed by atoms with E-state index in [1.54, 1.807) is 0 Å². The van der Waals surface area contributed by atoms with Gasteiger partial charge in [0.2, 0.25) is 11.8 Å². The van der Waals surface area contributed by atoms with Gasteiger partial charge in [-0.2, -0.15) is 0 Å². The molecule has 2 fully saturated rings. The van der Waals surface area contributed by atoms with E-state index in [9.17, 15) is 30.0 Å². The van der Waals surface area contributed by atoms with Crippen LogP contribution >= 0.6 is 0 Å². The van der Waals surface area contributed by atoms with Crippen LogP contribution in [0.1, 0.15) is 19.4 Å². The zero-order valence-electron chi connectivity index (χ0n) is 21.9. The maximum atomic E-state index is 11.9. The molecule has 0 aromatic heterocycles. The van der Waals surface area contributed by atoms with E-state index in [0.717, 1.165) is 5.56 Å². The van der Waals surface area contributed by atoms with Crippen molar-refractivity contribution in [2.75, 3.05) is 19.8 Å². The second-order valence-electron chi connectivity index (χ2n) is 9.41.